The number of nitrogens with two attached hydrogens (primary N) is 1. The Hall–Kier alpha value is -1.55. The summed E-state index contributed by atoms with van der Waals surface area (Å²) in [7, 11) is 1.68. The second kappa shape index (κ2) is 4.53. The summed E-state index contributed by atoms with van der Waals surface area (Å²) in [6, 6.07) is 8.05. The maximum atomic E-state index is 5.67. The molecule has 0 atom stereocenters. The molecule has 2 N–H and O–H groups in total. The van der Waals surface area contributed by atoms with E-state index in [2.05, 4.69) is 11.1 Å². The lowest BCUT2D eigenvalue weighted by molar-refractivity contribution is 0.414. The van der Waals surface area contributed by atoms with Crippen molar-refractivity contribution in [2.75, 3.05) is 12.8 Å². The van der Waals surface area contributed by atoms with Crippen LogP contribution in [0.1, 0.15) is 16.1 Å². The van der Waals surface area contributed by atoms with E-state index in [1.54, 1.807) is 18.4 Å². The fourth-order valence-corrected chi connectivity index (χ4v) is 2.45. The lowest BCUT2D eigenvalue weighted by Gasteiger charge is -2.03. The van der Waals surface area contributed by atoms with Crippen LogP contribution in [-0.2, 0) is 6.42 Å². The van der Waals surface area contributed by atoms with E-state index in [1.807, 2.05) is 25.1 Å². The van der Waals surface area contributed by atoms with Gasteiger partial charge in [0.2, 0.25) is 0 Å². The van der Waals surface area contributed by atoms with Gasteiger partial charge < -0.3 is 10.5 Å². The molecule has 0 fully saturated rings. The third kappa shape index (κ3) is 2.33. The lowest BCUT2D eigenvalue weighted by atomic mass is 10.1. The van der Waals surface area contributed by atoms with Crippen molar-refractivity contribution in [2.45, 2.75) is 13.3 Å². The number of thiazole rings is 1. The Balaban J connectivity index is 2.23. The van der Waals surface area contributed by atoms with Crippen molar-refractivity contribution in [1.29, 1.82) is 0 Å². The first-order chi connectivity index (χ1) is 7.69. The summed E-state index contributed by atoms with van der Waals surface area (Å²) in [5.41, 5.74) is 7.90. The highest BCUT2D eigenvalue weighted by Gasteiger charge is 2.06. The number of ether oxygens (including phenoxy) is 1. The van der Waals surface area contributed by atoms with Crippen molar-refractivity contribution < 1.29 is 4.74 Å². The molecule has 2 aromatic rings. The van der Waals surface area contributed by atoms with Crippen molar-refractivity contribution in [3.05, 3.63) is 40.4 Å². The summed E-state index contributed by atoms with van der Waals surface area (Å²) in [4.78, 5) is 5.43. The zero-order chi connectivity index (χ0) is 11.5. The third-order valence-corrected chi connectivity index (χ3v) is 3.39. The molecule has 0 saturated carbocycles. The molecule has 0 saturated heterocycles. The van der Waals surface area contributed by atoms with E-state index in [0.29, 0.717) is 5.13 Å². The number of aryl methyl sites for hydroxylation is 1. The van der Waals surface area contributed by atoms with Crippen LogP contribution < -0.4 is 10.5 Å². The van der Waals surface area contributed by atoms with Crippen molar-refractivity contribution in [1.82, 2.24) is 4.98 Å². The van der Waals surface area contributed by atoms with Crippen LogP contribution in [0, 0.1) is 6.92 Å². The Morgan fingerprint density at radius 3 is 2.88 bits per heavy atom. The van der Waals surface area contributed by atoms with Gasteiger partial charge in [0.25, 0.3) is 0 Å². The second-order valence-electron chi connectivity index (χ2n) is 3.59. The minimum absolute atomic E-state index is 0.635. The summed E-state index contributed by atoms with van der Waals surface area (Å²) in [6.45, 7) is 1.99. The van der Waals surface area contributed by atoms with Gasteiger partial charge in [0.05, 0.1) is 12.8 Å². The fourth-order valence-electron chi connectivity index (χ4n) is 1.58. The van der Waals surface area contributed by atoms with Gasteiger partial charge in [-0.2, -0.15) is 0 Å². The van der Waals surface area contributed by atoms with Crippen molar-refractivity contribution in [3.8, 4) is 5.75 Å². The number of rotatable bonds is 3. The van der Waals surface area contributed by atoms with Gasteiger partial charge in [-0.1, -0.05) is 12.1 Å². The van der Waals surface area contributed by atoms with Crippen LogP contribution in [0.15, 0.2) is 24.3 Å². The first kappa shape index (κ1) is 11.0. The number of nitrogen functional groups attached to an aromatic ring is 1. The van der Waals surface area contributed by atoms with Gasteiger partial charge in [-0.15, -0.1) is 11.3 Å². The molecule has 0 aliphatic heterocycles. The van der Waals surface area contributed by atoms with E-state index >= 15 is 0 Å². The van der Waals surface area contributed by atoms with E-state index < -0.39 is 0 Å². The van der Waals surface area contributed by atoms with Crippen molar-refractivity contribution in [3.63, 3.8) is 0 Å². The number of hydrogen-bond acceptors (Lipinski definition) is 4. The number of methoxy groups -OCH3 is 1. The first-order valence-electron chi connectivity index (χ1n) is 5.03. The Morgan fingerprint density at radius 2 is 2.25 bits per heavy atom. The SMILES string of the molecule is COc1cccc(Cc2sc(N)nc2C)c1. The molecule has 1 aromatic carbocycles. The van der Waals surface area contributed by atoms with Gasteiger partial charge in [-0.05, 0) is 24.6 Å². The van der Waals surface area contributed by atoms with E-state index in [1.165, 1.54) is 10.4 Å². The van der Waals surface area contributed by atoms with Crippen LogP contribution in [0.5, 0.6) is 5.75 Å². The molecule has 84 valence electrons. The molecule has 0 amide bonds. The smallest absolute Gasteiger partial charge is 0.180 e. The van der Waals surface area contributed by atoms with Crippen LogP contribution in [0.2, 0.25) is 0 Å². The molecule has 1 aromatic heterocycles. The highest BCUT2D eigenvalue weighted by atomic mass is 32.1. The molecule has 0 bridgehead atoms. The number of aromatic nitrogens is 1. The molecule has 2 rings (SSSR count). The Morgan fingerprint density at radius 1 is 1.44 bits per heavy atom. The van der Waals surface area contributed by atoms with Crippen LogP contribution in [0.3, 0.4) is 0 Å². The summed E-state index contributed by atoms with van der Waals surface area (Å²) in [5.74, 6) is 0.882. The largest absolute Gasteiger partial charge is 0.497 e. The summed E-state index contributed by atoms with van der Waals surface area (Å²) >= 11 is 1.55. The second-order valence-corrected chi connectivity index (χ2v) is 4.70. The average molecular weight is 234 g/mol. The predicted octanol–water partition coefficient (Wildman–Crippen LogP) is 2.63. The highest BCUT2D eigenvalue weighted by Crippen LogP contribution is 2.24. The summed E-state index contributed by atoms with van der Waals surface area (Å²) < 4.78 is 5.19. The molecule has 0 aliphatic rings. The molecule has 4 heteroatoms. The number of benzene rings is 1. The Bertz CT molecular complexity index is 494. The van der Waals surface area contributed by atoms with Crippen LogP contribution >= 0.6 is 11.3 Å². The zero-order valence-corrected chi connectivity index (χ0v) is 10.2. The van der Waals surface area contributed by atoms with Gasteiger partial charge in [0, 0.05) is 11.3 Å². The molecule has 0 unspecified atom stereocenters. The molecule has 0 radical (unpaired) electrons. The molecule has 16 heavy (non-hydrogen) atoms. The van der Waals surface area contributed by atoms with Crippen LogP contribution in [-0.4, -0.2) is 12.1 Å². The topological polar surface area (TPSA) is 48.1 Å². The lowest BCUT2D eigenvalue weighted by Crippen LogP contribution is -1.89. The monoisotopic (exact) mass is 234 g/mol. The Kier molecular flexibility index (Phi) is 3.10. The quantitative estimate of drug-likeness (QED) is 0.888. The first-order valence-corrected chi connectivity index (χ1v) is 5.85. The number of hydrogen-bond donors (Lipinski definition) is 1. The molecule has 1 heterocycles. The minimum atomic E-state index is 0.635. The van der Waals surface area contributed by atoms with Gasteiger partial charge in [0.1, 0.15) is 5.75 Å². The highest BCUT2D eigenvalue weighted by molar-refractivity contribution is 7.15. The maximum Gasteiger partial charge on any atom is 0.180 e. The molecule has 3 nitrogen and oxygen atoms in total. The van der Waals surface area contributed by atoms with Crippen molar-refractivity contribution >= 4 is 16.5 Å². The number of nitrogens with zero attached hydrogens (tertiary/aromatic N) is 1. The van der Waals surface area contributed by atoms with Gasteiger partial charge in [0.15, 0.2) is 5.13 Å². The van der Waals surface area contributed by atoms with Gasteiger partial charge in [-0.3, -0.25) is 0 Å². The molecular formula is C12H14N2OS. The third-order valence-electron chi connectivity index (χ3n) is 2.41. The number of anilines is 1. The van der Waals surface area contributed by atoms with E-state index in [-0.39, 0.29) is 0 Å². The van der Waals surface area contributed by atoms with Gasteiger partial charge in [-0.25, -0.2) is 4.98 Å². The Labute approximate surface area is 98.9 Å². The fraction of sp³-hybridized carbons (Fsp3) is 0.250. The molecule has 0 aliphatic carbocycles. The normalized spacial score (nSPS) is 10.4. The van der Waals surface area contributed by atoms with Crippen LogP contribution in [0.4, 0.5) is 5.13 Å². The predicted molar refractivity (Wildman–Crippen MR) is 67.1 cm³/mol. The maximum absolute atomic E-state index is 5.67. The van der Waals surface area contributed by atoms with Gasteiger partial charge >= 0.3 is 0 Å². The van der Waals surface area contributed by atoms with Crippen LogP contribution in [0.25, 0.3) is 0 Å². The summed E-state index contributed by atoms with van der Waals surface area (Å²) in [6.07, 6.45) is 0.859. The standard InChI is InChI=1S/C12H14N2OS/c1-8-11(16-12(13)14-8)7-9-4-3-5-10(6-9)15-2/h3-6H,7H2,1-2H3,(H2,13,14). The van der Waals surface area contributed by atoms with Crippen molar-refractivity contribution in [2.24, 2.45) is 0 Å². The zero-order valence-electron chi connectivity index (χ0n) is 9.36. The molecular weight excluding hydrogens is 220 g/mol. The van der Waals surface area contributed by atoms with E-state index in [4.69, 9.17) is 10.5 Å². The summed E-state index contributed by atoms with van der Waals surface area (Å²) in [5, 5.41) is 0.635. The van der Waals surface area contributed by atoms with E-state index in [9.17, 15) is 0 Å². The average Bonchev–Trinajstić information content (AvgIpc) is 2.58. The van der Waals surface area contributed by atoms with E-state index in [0.717, 1.165) is 17.9 Å². The molecule has 0 spiro atoms. The minimum Gasteiger partial charge on any atom is -0.497 e.